The summed E-state index contributed by atoms with van der Waals surface area (Å²) in [6.45, 7) is 0.922. The van der Waals surface area contributed by atoms with Crippen molar-refractivity contribution >= 4 is 39.1 Å². The van der Waals surface area contributed by atoms with E-state index in [4.69, 9.17) is 11.6 Å². The number of nitrogens with zero attached hydrogens (tertiary/aromatic N) is 2. The van der Waals surface area contributed by atoms with Gasteiger partial charge in [-0.1, -0.05) is 90.0 Å². The number of benzene rings is 4. The topological polar surface area (TPSA) is 86.8 Å². The number of halogens is 4. The number of sulfonamides is 1. The van der Waals surface area contributed by atoms with Gasteiger partial charge in [-0.15, -0.1) is 0 Å². The zero-order chi connectivity index (χ0) is 32.8. The molecule has 1 atom stereocenters. The molecule has 0 fully saturated rings. The van der Waals surface area contributed by atoms with Crippen LogP contribution in [-0.2, 0) is 38.8 Å². The van der Waals surface area contributed by atoms with Gasteiger partial charge in [0.25, 0.3) is 10.0 Å². The first kappa shape index (κ1) is 33.5. The van der Waals surface area contributed by atoms with Crippen LogP contribution in [-0.4, -0.2) is 44.8 Å². The molecule has 0 unspecified atom stereocenters. The summed E-state index contributed by atoms with van der Waals surface area (Å²) in [4.78, 5) is 28.6. The number of rotatable bonds is 11. The summed E-state index contributed by atoms with van der Waals surface area (Å²) in [5, 5.41) is 1.96. The molecular weight excluding hydrogens is 627 g/mol. The molecule has 2 amide bonds. The first-order chi connectivity index (χ1) is 21.3. The number of aryl methyl sites for hydroxylation is 1. The number of amides is 2. The number of anilines is 1. The normalized spacial score (nSPS) is 12.3. The van der Waals surface area contributed by atoms with E-state index in [0.29, 0.717) is 15.9 Å². The number of carbonyl (C=O) groups excluding carboxylic acids is 2. The minimum Gasteiger partial charge on any atom is -0.357 e. The molecule has 0 spiro atoms. The number of hydrogen-bond donors (Lipinski definition) is 1. The van der Waals surface area contributed by atoms with E-state index < -0.39 is 56.9 Å². The summed E-state index contributed by atoms with van der Waals surface area (Å²) in [5.74, 6) is -1.30. The van der Waals surface area contributed by atoms with Gasteiger partial charge in [0.1, 0.15) is 12.6 Å². The lowest BCUT2D eigenvalue weighted by molar-refractivity contribution is -0.139. The van der Waals surface area contributed by atoms with E-state index in [0.717, 1.165) is 23.3 Å². The molecule has 236 valence electrons. The van der Waals surface area contributed by atoms with Gasteiger partial charge < -0.3 is 10.2 Å². The second-order valence-corrected chi connectivity index (χ2v) is 12.6. The molecule has 4 rings (SSSR count). The second kappa shape index (κ2) is 14.2. The smallest absolute Gasteiger partial charge is 0.357 e. The van der Waals surface area contributed by atoms with Crippen molar-refractivity contribution < 1.29 is 31.2 Å². The first-order valence-electron chi connectivity index (χ1n) is 13.9. The van der Waals surface area contributed by atoms with E-state index in [-0.39, 0.29) is 17.9 Å². The molecule has 7 nitrogen and oxygen atoms in total. The van der Waals surface area contributed by atoms with Crippen LogP contribution in [0.5, 0.6) is 0 Å². The molecule has 4 aromatic rings. The third-order valence-electron chi connectivity index (χ3n) is 7.14. The molecule has 0 aromatic heterocycles. The number of hydrogen-bond acceptors (Lipinski definition) is 4. The lowest BCUT2D eigenvalue weighted by Gasteiger charge is -2.33. The predicted octanol–water partition coefficient (Wildman–Crippen LogP) is 6.25. The van der Waals surface area contributed by atoms with Crippen LogP contribution in [0.3, 0.4) is 0 Å². The second-order valence-electron chi connectivity index (χ2n) is 10.3. The third-order valence-corrected chi connectivity index (χ3v) is 9.26. The molecule has 0 radical (unpaired) electrons. The molecule has 0 aliphatic carbocycles. The Morgan fingerprint density at radius 2 is 1.47 bits per heavy atom. The molecule has 0 heterocycles. The maximum Gasteiger partial charge on any atom is 0.417 e. The highest BCUT2D eigenvalue weighted by atomic mass is 35.5. The maximum atomic E-state index is 14.3. The molecule has 0 aliphatic rings. The maximum absolute atomic E-state index is 14.3. The summed E-state index contributed by atoms with van der Waals surface area (Å²) < 4.78 is 70.0. The van der Waals surface area contributed by atoms with Gasteiger partial charge in [-0.05, 0) is 48.4 Å². The van der Waals surface area contributed by atoms with Crippen molar-refractivity contribution in [3.05, 3.63) is 130 Å². The Morgan fingerprint density at radius 1 is 0.867 bits per heavy atom. The van der Waals surface area contributed by atoms with Crippen LogP contribution in [0.2, 0.25) is 5.02 Å². The summed E-state index contributed by atoms with van der Waals surface area (Å²) >= 11 is 5.84. The summed E-state index contributed by atoms with van der Waals surface area (Å²) in [6.07, 6.45) is -4.79. The Morgan fingerprint density at radius 3 is 2.04 bits per heavy atom. The van der Waals surface area contributed by atoms with Crippen molar-refractivity contribution in [2.24, 2.45) is 0 Å². The fourth-order valence-electron chi connectivity index (χ4n) is 4.74. The Labute approximate surface area is 265 Å². The summed E-state index contributed by atoms with van der Waals surface area (Å²) in [6, 6.07) is 24.8. The Hall–Kier alpha value is -4.35. The van der Waals surface area contributed by atoms with E-state index in [2.05, 4.69) is 5.32 Å². The Kier molecular flexibility index (Phi) is 10.6. The molecule has 4 aromatic carbocycles. The minimum absolute atomic E-state index is 0.0717. The van der Waals surface area contributed by atoms with Gasteiger partial charge in [0, 0.05) is 20.0 Å². The van der Waals surface area contributed by atoms with Gasteiger partial charge in [0.05, 0.1) is 21.2 Å². The van der Waals surface area contributed by atoms with Gasteiger partial charge in [-0.2, -0.15) is 13.2 Å². The molecular formula is C33H31ClF3N3O4S. The molecule has 0 saturated heterocycles. The fraction of sp³-hybridized carbons (Fsp3) is 0.212. The molecule has 0 bridgehead atoms. The van der Waals surface area contributed by atoms with Crippen LogP contribution in [0.4, 0.5) is 18.9 Å². The van der Waals surface area contributed by atoms with Gasteiger partial charge >= 0.3 is 6.18 Å². The summed E-state index contributed by atoms with van der Waals surface area (Å²) in [7, 11) is -3.15. The molecule has 0 saturated carbocycles. The number of nitrogens with one attached hydrogen (secondary N) is 1. The third kappa shape index (κ3) is 8.23. The zero-order valence-corrected chi connectivity index (χ0v) is 26.0. The van der Waals surface area contributed by atoms with Crippen LogP contribution < -0.4 is 9.62 Å². The molecule has 12 heteroatoms. The minimum atomic E-state index is -4.89. The predicted molar refractivity (Wildman–Crippen MR) is 167 cm³/mol. The van der Waals surface area contributed by atoms with E-state index in [9.17, 15) is 31.2 Å². The SMILES string of the molecule is CNC(=O)[C@@H](Cc1ccccc1)N(Cc1ccc(C)cc1)C(=O)CN(c1ccc(Cl)c(C(F)(F)F)c1)S(=O)(=O)c1ccccc1. The van der Waals surface area contributed by atoms with Crippen molar-refractivity contribution in [2.45, 2.75) is 37.0 Å². The van der Waals surface area contributed by atoms with Crippen molar-refractivity contribution in [3.8, 4) is 0 Å². The van der Waals surface area contributed by atoms with Gasteiger partial charge in [-0.3, -0.25) is 13.9 Å². The first-order valence-corrected chi connectivity index (χ1v) is 15.7. The zero-order valence-electron chi connectivity index (χ0n) is 24.5. The molecule has 1 N–H and O–H groups in total. The quantitative estimate of drug-likeness (QED) is 0.207. The summed E-state index contributed by atoms with van der Waals surface area (Å²) in [5.41, 5.74) is 0.699. The van der Waals surface area contributed by atoms with Crippen LogP contribution >= 0.6 is 11.6 Å². The lowest BCUT2D eigenvalue weighted by atomic mass is 10.0. The van der Waals surface area contributed by atoms with E-state index >= 15 is 0 Å². The van der Waals surface area contributed by atoms with Crippen LogP contribution in [0.15, 0.2) is 108 Å². The van der Waals surface area contributed by atoms with Crippen molar-refractivity contribution in [3.63, 3.8) is 0 Å². The van der Waals surface area contributed by atoms with Crippen LogP contribution in [0, 0.1) is 6.92 Å². The van der Waals surface area contributed by atoms with Crippen molar-refractivity contribution in [1.29, 1.82) is 0 Å². The largest absolute Gasteiger partial charge is 0.417 e. The van der Waals surface area contributed by atoms with Crippen LogP contribution in [0.25, 0.3) is 0 Å². The Bertz CT molecular complexity index is 1740. The standard InChI is InChI=1S/C33H31ClF3N3O4S/c1-23-13-15-25(16-14-23)21-39(30(32(42)38-2)19-24-9-5-3-6-10-24)31(41)22-40(45(43,44)27-11-7-4-8-12-27)26-17-18-29(34)28(20-26)33(35,36)37/h3-18,20,30H,19,21-22H2,1-2H3,(H,38,42)/t30-/m1/s1. The highest BCUT2D eigenvalue weighted by molar-refractivity contribution is 7.92. The van der Waals surface area contributed by atoms with Gasteiger partial charge in [-0.25, -0.2) is 8.42 Å². The average molecular weight is 658 g/mol. The van der Waals surface area contributed by atoms with Gasteiger partial charge in [0.15, 0.2) is 0 Å². The molecule has 0 aliphatic heterocycles. The average Bonchev–Trinajstić information content (AvgIpc) is 3.02. The van der Waals surface area contributed by atoms with Crippen molar-refractivity contribution in [2.75, 3.05) is 17.9 Å². The number of alkyl halides is 3. The van der Waals surface area contributed by atoms with E-state index in [1.165, 1.54) is 36.2 Å². The van der Waals surface area contributed by atoms with Gasteiger partial charge in [0.2, 0.25) is 11.8 Å². The molecule has 45 heavy (non-hydrogen) atoms. The van der Waals surface area contributed by atoms with E-state index in [1.807, 2.05) is 19.1 Å². The van der Waals surface area contributed by atoms with Crippen molar-refractivity contribution in [1.82, 2.24) is 10.2 Å². The Balaban J connectivity index is 1.83. The monoisotopic (exact) mass is 657 g/mol. The fourth-order valence-corrected chi connectivity index (χ4v) is 6.40. The lowest BCUT2D eigenvalue weighted by Crippen LogP contribution is -2.53. The number of likely N-dealkylation sites (N-methyl/N-ethyl adjacent to an activating group) is 1. The van der Waals surface area contributed by atoms with Crippen LogP contribution in [0.1, 0.15) is 22.3 Å². The highest BCUT2D eigenvalue weighted by Gasteiger charge is 2.37. The number of carbonyl (C=O) groups is 2. The van der Waals surface area contributed by atoms with E-state index in [1.54, 1.807) is 48.5 Å². The highest BCUT2D eigenvalue weighted by Crippen LogP contribution is 2.38.